The maximum absolute atomic E-state index is 12.0. The zero-order chi connectivity index (χ0) is 16.4. The largest absolute Gasteiger partial charge is 0.497 e. The van der Waals surface area contributed by atoms with E-state index in [-0.39, 0.29) is 18.4 Å². The Labute approximate surface area is 129 Å². The van der Waals surface area contributed by atoms with Crippen molar-refractivity contribution in [3.05, 3.63) is 23.8 Å². The van der Waals surface area contributed by atoms with Gasteiger partial charge in [-0.1, -0.05) is 0 Å². The first kappa shape index (κ1) is 17.8. The van der Waals surface area contributed by atoms with Gasteiger partial charge in [-0.05, 0) is 18.6 Å². The number of carbonyl (C=O) groups is 2. The van der Waals surface area contributed by atoms with Crippen LogP contribution >= 0.6 is 0 Å². The smallest absolute Gasteiger partial charge is 0.251 e. The van der Waals surface area contributed by atoms with Crippen LogP contribution in [-0.2, 0) is 9.53 Å². The van der Waals surface area contributed by atoms with Gasteiger partial charge in [0.15, 0.2) is 0 Å². The molecule has 0 unspecified atom stereocenters. The van der Waals surface area contributed by atoms with Gasteiger partial charge in [-0.25, -0.2) is 0 Å². The molecular weight excluding hydrogens is 288 g/mol. The number of ether oxygens (including phenoxy) is 3. The van der Waals surface area contributed by atoms with Crippen molar-refractivity contribution in [2.45, 2.75) is 6.42 Å². The van der Waals surface area contributed by atoms with Crippen LogP contribution in [0, 0.1) is 0 Å². The summed E-state index contributed by atoms with van der Waals surface area (Å²) >= 11 is 0. The molecule has 0 aliphatic heterocycles. The summed E-state index contributed by atoms with van der Waals surface area (Å²) in [5.74, 6) is 0.394. The summed E-state index contributed by atoms with van der Waals surface area (Å²) in [4.78, 5) is 23.6. The second-order valence-corrected chi connectivity index (χ2v) is 4.48. The van der Waals surface area contributed by atoms with E-state index < -0.39 is 0 Å². The fourth-order valence-corrected chi connectivity index (χ4v) is 1.71. The fraction of sp³-hybridized carbons (Fsp3) is 0.467. The van der Waals surface area contributed by atoms with Gasteiger partial charge in [0.05, 0.1) is 20.8 Å². The SMILES string of the molecule is COCCCNC(=O)CNC(=O)c1cc(OC)cc(OC)c1. The van der Waals surface area contributed by atoms with Crippen LogP contribution in [0.15, 0.2) is 18.2 Å². The van der Waals surface area contributed by atoms with Gasteiger partial charge in [0.2, 0.25) is 5.91 Å². The van der Waals surface area contributed by atoms with Crippen molar-refractivity contribution in [1.82, 2.24) is 10.6 Å². The van der Waals surface area contributed by atoms with E-state index in [2.05, 4.69) is 10.6 Å². The molecule has 0 spiro atoms. The van der Waals surface area contributed by atoms with E-state index in [9.17, 15) is 9.59 Å². The summed E-state index contributed by atoms with van der Waals surface area (Å²) in [6.07, 6.45) is 0.725. The number of rotatable bonds is 9. The molecule has 0 saturated carbocycles. The summed E-state index contributed by atoms with van der Waals surface area (Å²) in [6, 6.07) is 4.82. The highest BCUT2D eigenvalue weighted by molar-refractivity contribution is 5.97. The van der Waals surface area contributed by atoms with Crippen molar-refractivity contribution < 1.29 is 23.8 Å². The van der Waals surface area contributed by atoms with Crippen LogP contribution in [-0.4, -0.2) is 52.8 Å². The molecule has 0 fully saturated rings. The van der Waals surface area contributed by atoms with Gasteiger partial charge in [-0.3, -0.25) is 9.59 Å². The highest BCUT2D eigenvalue weighted by Crippen LogP contribution is 2.22. The zero-order valence-electron chi connectivity index (χ0n) is 13.1. The second-order valence-electron chi connectivity index (χ2n) is 4.48. The molecule has 122 valence electrons. The Morgan fingerprint density at radius 2 is 1.64 bits per heavy atom. The van der Waals surface area contributed by atoms with Gasteiger partial charge in [0.25, 0.3) is 5.91 Å². The molecule has 2 amide bonds. The molecule has 0 aromatic heterocycles. The first-order valence-corrected chi connectivity index (χ1v) is 6.87. The van der Waals surface area contributed by atoms with Crippen LogP contribution in [0.25, 0.3) is 0 Å². The Kier molecular flexibility index (Phi) is 7.77. The molecule has 7 heteroatoms. The Balaban J connectivity index is 2.49. The van der Waals surface area contributed by atoms with Crippen molar-refractivity contribution in [2.75, 3.05) is 41.0 Å². The molecule has 0 radical (unpaired) electrons. The molecule has 2 N–H and O–H groups in total. The third-order valence-corrected chi connectivity index (χ3v) is 2.87. The zero-order valence-corrected chi connectivity index (χ0v) is 13.1. The molecule has 1 aromatic carbocycles. The van der Waals surface area contributed by atoms with Gasteiger partial charge >= 0.3 is 0 Å². The predicted octanol–water partition coefficient (Wildman–Crippen LogP) is 0.586. The van der Waals surface area contributed by atoms with E-state index in [1.54, 1.807) is 25.3 Å². The second kappa shape index (κ2) is 9.62. The monoisotopic (exact) mass is 310 g/mol. The maximum Gasteiger partial charge on any atom is 0.251 e. The lowest BCUT2D eigenvalue weighted by atomic mass is 10.2. The number of methoxy groups -OCH3 is 3. The third-order valence-electron chi connectivity index (χ3n) is 2.87. The molecule has 0 saturated heterocycles. The van der Waals surface area contributed by atoms with Crippen molar-refractivity contribution in [1.29, 1.82) is 0 Å². The van der Waals surface area contributed by atoms with Crippen LogP contribution in [0.2, 0.25) is 0 Å². The highest BCUT2D eigenvalue weighted by atomic mass is 16.5. The number of carbonyl (C=O) groups excluding carboxylic acids is 2. The Bertz CT molecular complexity index is 482. The van der Waals surface area contributed by atoms with Crippen LogP contribution in [0.4, 0.5) is 0 Å². The van der Waals surface area contributed by atoms with E-state index in [0.29, 0.717) is 30.2 Å². The summed E-state index contributed by atoms with van der Waals surface area (Å²) in [5, 5.41) is 5.24. The highest BCUT2D eigenvalue weighted by Gasteiger charge is 2.11. The van der Waals surface area contributed by atoms with Crippen molar-refractivity contribution in [3.8, 4) is 11.5 Å². The molecule has 0 aliphatic rings. The molecule has 7 nitrogen and oxygen atoms in total. The van der Waals surface area contributed by atoms with Crippen LogP contribution in [0.3, 0.4) is 0 Å². The van der Waals surface area contributed by atoms with Crippen molar-refractivity contribution >= 4 is 11.8 Å². The van der Waals surface area contributed by atoms with Crippen molar-refractivity contribution in [2.24, 2.45) is 0 Å². The van der Waals surface area contributed by atoms with E-state index in [4.69, 9.17) is 14.2 Å². The van der Waals surface area contributed by atoms with Crippen LogP contribution in [0.1, 0.15) is 16.8 Å². The summed E-state index contributed by atoms with van der Waals surface area (Å²) in [7, 11) is 4.61. The predicted molar refractivity (Wildman–Crippen MR) is 81.4 cm³/mol. The maximum atomic E-state index is 12.0. The molecule has 0 bridgehead atoms. The van der Waals surface area contributed by atoms with Gasteiger partial charge in [-0.2, -0.15) is 0 Å². The van der Waals surface area contributed by atoms with Crippen molar-refractivity contribution in [3.63, 3.8) is 0 Å². The number of amides is 2. The van der Waals surface area contributed by atoms with Gasteiger partial charge < -0.3 is 24.8 Å². The lowest BCUT2D eigenvalue weighted by Gasteiger charge is -2.09. The minimum Gasteiger partial charge on any atom is -0.497 e. The molecule has 1 aromatic rings. The van der Waals surface area contributed by atoms with E-state index in [1.807, 2.05) is 0 Å². The third kappa shape index (κ3) is 6.01. The van der Waals surface area contributed by atoms with E-state index in [0.717, 1.165) is 6.42 Å². The molecule has 22 heavy (non-hydrogen) atoms. The minimum absolute atomic E-state index is 0.0919. The standard InChI is InChI=1S/C15H22N2O5/c1-20-6-4-5-16-14(18)10-17-15(19)11-7-12(21-2)9-13(8-11)22-3/h7-9H,4-6,10H2,1-3H3,(H,16,18)(H,17,19). The molecule has 0 heterocycles. The van der Waals surface area contributed by atoms with E-state index in [1.165, 1.54) is 14.2 Å². The fourth-order valence-electron chi connectivity index (χ4n) is 1.71. The Morgan fingerprint density at radius 1 is 1.00 bits per heavy atom. The Hall–Kier alpha value is -2.28. The molecular formula is C15H22N2O5. The number of hydrogen-bond donors (Lipinski definition) is 2. The first-order chi connectivity index (χ1) is 10.6. The van der Waals surface area contributed by atoms with E-state index >= 15 is 0 Å². The topological polar surface area (TPSA) is 85.9 Å². The number of nitrogens with one attached hydrogen (secondary N) is 2. The van der Waals surface area contributed by atoms with Gasteiger partial charge in [0.1, 0.15) is 11.5 Å². The molecule has 0 aliphatic carbocycles. The quantitative estimate of drug-likeness (QED) is 0.652. The summed E-state index contributed by atoms with van der Waals surface area (Å²) in [5.41, 5.74) is 0.364. The van der Waals surface area contributed by atoms with Crippen LogP contribution in [0.5, 0.6) is 11.5 Å². The van der Waals surface area contributed by atoms with Gasteiger partial charge in [-0.15, -0.1) is 0 Å². The lowest BCUT2D eigenvalue weighted by Crippen LogP contribution is -2.37. The normalized spacial score (nSPS) is 9.95. The minimum atomic E-state index is -0.371. The van der Waals surface area contributed by atoms with Gasteiger partial charge in [0, 0.05) is 31.9 Å². The number of benzene rings is 1. The first-order valence-electron chi connectivity index (χ1n) is 6.87. The number of hydrogen-bond acceptors (Lipinski definition) is 5. The lowest BCUT2D eigenvalue weighted by molar-refractivity contribution is -0.120. The average Bonchev–Trinajstić information content (AvgIpc) is 2.55. The Morgan fingerprint density at radius 3 is 2.18 bits per heavy atom. The summed E-state index contributed by atoms with van der Waals surface area (Å²) in [6.45, 7) is 0.997. The molecule has 1 rings (SSSR count). The molecule has 0 atom stereocenters. The average molecular weight is 310 g/mol. The summed E-state index contributed by atoms with van der Waals surface area (Å²) < 4.78 is 15.1. The van der Waals surface area contributed by atoms with Crippen LogP contribution < -0.4 is 20.1 Å².